The molecule has 0 heterocycles. The number of fused-ring (bicyclic) bond motifs is 2. The first kappa shape index (κ1) is 14.6. The number of hydrogen-bond acceptors (Lipinski definition) is 0. The van der Waals surface area contributed by atoms with Crippen molar-refractivity contribution >= 4 is 0 Å². The fraction of sp³-hybridized carbons (Fsp3) is 1.00. The van der Waals surface area contributed by atoms with E-state index in [-0.39, 0.29) is 0 Å². The number of hydrogen-bond donors (Lipinski definition) is 0. The summed E-state index contributed by atoms with van der Waals surface area (Å²) in [4.78, 5) is 0. The monoisotopic (exact) mass is 308 g/mol. The van der Waals surface area contributed by atoms with Crippen LogP contribution in [0.4, 0.5) is 48.3 Å². The Kier molecular flexibility index (Phi) is 2.06. The standard InChI is InChI=1S/C8H3F11/c1-2(9)3(10)6(14,15)4(11,5(2,12)13)8(18,19)7(3,16)17/h1H3. The summed E-state index contributed by atoms with van der Waals surface area (Å²) in [5.74, 6) is -26.4. The summed E-state index contributed by atoms with van der Waals surface area (Å²) in [6.45, 7) is -0.800. The van der Waals surface area contributed by atoms with Crippen molar-refractivity contribution in [2.75, 3.05) is 0 Å². The summed E-state index contributed by atoms with van der Waals surface area (Å²) >= 11 is 0. The van der Waals surface area contributed by atoms with Gasteiger partial charge in [-0.1, -0.05) is 0 Å². The molecule has 0 saturated heterocycles. The van der Waals surface area contributed by atoms with Gasteiger partial charge in [0.1, 0.15) is 0 Å². The van der Waals surface area contributed by atoms with E-state index in [1.807, 2.05) is 0 Å². The molecule has 112 valence electrons. The number of halogens is 11. The summed E-state index contributed by atoms with van der Waals surface area (Å²) < 4.78 is 145. The van der Waals surface area contributed by atoms with Crippen molar-refractivity contribution in [3.63, 3.8) is 0 Å². The molecular weight excluding hydrogens is 305 g/mol. The largest absolute Gasteiger partial charge is 0.359 e. The lowest BCUT2D eigenvalue weighted by Crippen LogP contribution is -2.74. The van der Waals surface area contributed by atoms with Crippen molar-refractivity contribution in [3.05, 3.63) is 0 Å². The lowest BCUT2D eigenvalue weighted by atomic mass is 9.76. The van der Waals surface area contributed by atoms with Crippen LogP contribution in [0.2, 0.25) is 0 Å². The molecule has 19 heavy (non-hydrogen) atoms. The van der Waals surface area contributed by atoms with Gasteiger partial charge in [-0.15, -0.1) is 0 Å². The van der Waals surface area contributed by atoms with Crippen LogP contribution in [-0.4, -0.2) is 40.7 Å². The molecule has 0 radical (unpaired) electrons. The minimum Gasteiger partial charge on any atom is -0.233 e. The average Bonchev–Trinajstić information content (AvgIpc) is 2.32. The van der Waals surface area contributed by atoms with E-state index in [1.165, 1.54) is 0 Å². The molecular formula is C8H3F11. The molecule has 2 aliphatic rings. The van der Waals surface area contributed by atoms with E-state index >= 15 is 0 Å². The lowest BCUT2D eigenvalue weighted by Gasteiger charge is -2.44. The summed E-state index contributed by atoms with van der Waals surface area (Å²) in [5, 5.41) is 0. The van der Waals surface area contributed by atoms with Crippen LogP contribution in [0, 0.1) is 0 Å². The summed E-state index contributed by atoms with van der Waals surface area (Å²) in [5.41, 5.74) is -18.6. The predicted molar refractivity (Wildman–Crippen MR) is 37.0 cm³/mol. The van der Waals surface area contributed by atoms with Crippen LogP contribution in [0.15, 0.2) is 0 Å². The summed E-state index contributed by atoms with van der Waals surface area (Å²) in [6, 6.07) is 0. The van der Waals surface area contributed by atoms with Gasteiger partial charge >= 0.3 is 29.4 Å². The van der Waals surface area contributed by atoms with E-state index in [2.05, 4.69) is 0 Å². The van der Waals surface area contributed by atoms with E-state index in [1.54, 1.807) is 0 Å². The van der Waals surface area contributed by atoms with Crippen molar-refractivity contribution in [1.82, 2.24) is 0 Å². The van der Waals surface area contributed by atoms with Crippen molar-refractivity contribution in [3.8, 4) is 0 Å². The first-order valence-corrected chi connectivity index (χ1v) is 4.58. The Hall–Kier alpha value is -0.770. The maximum Gasteiger partial charge on any atom is 0.359 e. The van der Waals surface area contributed by atoms with E-state index in [0.29, 0.717) is 0 Å². The molecule has 0 aliphatic heterocycles. The molecule has 11 heteroatoms. The molecule has 2 bridgehead atoms. The zero-order valence-electron chi connectivity index (χ0n) is 8.66. The third-order valence-electron chi connectivity index (χ3n) is 3.79. The van der Waals surface area contributed by atoms with E-state index < -0.39 is 47.6 Å². The van der Waals surface area contributed by atoms with Crippen molar-refractivity contribution in [2.24, 2.45) is 0 Å². The molecule has 3 atom stereocenters. The van der Waals surface area contributed by atoms with Crippen LogP contribution in [-0.2, 0) is 0 Å². The van der Waals surface area contributed by atoms with Crippen LogP contribution in [0.5, 0.6) is 0 Å². The second-order valence-electron chi connectivity index (χ2n) is 4.62. The quantitative estimate of drug-likeness (QED) is 0.599. The minimum absolute atomic E-state index is 0.800. The fourth-order valence-electron chi connectivity index (χ4n) is 2.59. The smallest absolute Gasteiger partial charge is 0.233 e. The third kappa shape index (κ3) is 0.788. The molecule has 2 fully saturated rings. The van der Waals surface area contributed by atoms with Crippen LogP contribution >= 0.6 is 0 Å². The molecule has 2 rings (SSSR count). The SMILES string of the molecule is CC1(F)C(F)(F)C2(F)C(F)(F)C(F)(F)C1(F)C2(F)F. The van der Waals surface area contributed by atoms with Gasteiger partial charge in [-0.05, 0) is 6.92 Å². The summed E-state index contributed by atoms with van der Waals surface area (Å²) in [7, 11) is 0. The zero-order valence-corrected chi connectivity index (χ0v) is 8.66. The lowest BCUT2D eigenvalue weighted by molar-refractivity contribution is -0.372. The molecule has 0 aromatic heterocycles. The Labute approximate surface area is 97.1 Å². The second-order valence-corrected chi connectivity index (χ2v) is 4.62. The van der Waals surface area contributed by atoms with Gasteiger partial charge in [0.15, 0.2) is 0 Å². The zero-order chi connectivity index (χ0) is 15.5. The Balaban J connectivity index is 2.99. The highest BCUT2D eigenvalue weighted by Gasteiger charge is 3.15. The minimum atomic E-state index is -6.78. The van der Waals surface area contributed by atoms with Crippen molar-refractivity contribution in [1.29, 1.82) is 0 Å². The van der Waals surface area contributed by atoms with E-state index in [9.17, 15) is 48.3 Å². The first-order valence-electron chi connectivity index (χ1n) is 4.58. The first-order chi connectivity index (χ1) is 8.00. The van der Waals surface area contributed by atoms with E-state index in [4.69, 9.17) is 0 Å². The maximum absolute atomic E-state index is 13.6. The van der Waals surface area contributed by atoms with Crippen molar-refractivity contribution < 1.29 is 48.3 Å². The van der Waals surface area contributed by atoms with Gasteiger partial charge in [0.2, 0.25) is 5.67 Å². The van der Waals surface area contributed by atoms with Gasteiger partial charge < -0.3 is 0 Å². The third-order valence-corrected chi connectivity index (χ3v) is 3.79. The Morgan fingerprint density at radius 3 is 1.00 bits per heavy atom. The fourth-order valence-corrected chi connectivity index (χ4v) is 2.59. The van der Waals surface area contributed by atoms with Gasteiger partial charge in [-0.2, -0.15) is 35.1 Å². The van der Waals surface area contributed by atoms with Crippen LogP contribution in [0.25, 0.3) is 0 Å². The van der Waals surface area contributed by atoms with Gasteiger partial charge in [0.25, 0.3) is 5.67 Å². The number of alkyl halides is 11. The molecule has 2 aliphatic carbocycles. The van der Waals surface area contributed by atoms with Gasteiger partial charge in [0.05, 0.1) is 0 Å². The highest BCUT2D eigenvalue weighted by Crippen LogP contribution is 2.82. The molecule has 0 spiro atoms. The maximum atomic E-state index is 13.6. The van der Waals surface area contributed by atoms with Gasteiger partial charge in [-0.25, -0.2) is 13.2 Å². The molecule has 0 aromatic rings. The highest BCUT2D eigenvalue weighted by molar-refractivity contribution is 5.47. The van der Waals surface area contributed by atoms with Crippen LogP contribution < -0.4 is 0 Å². The molecule has 0 nitrogen and oxygen atoms in total. The normalized spacial score (nSPS) is 52.4. The van der Waals surface area contributed by atoms with Gasteiger partial charge in [-0.3, -0.25) is 0 Å². The van der Waals surface area contributed by atoms with Crippen LogP contribution in [0.3, 0.4) is 0 Å². The van der Waals surface area contributed by atoms with Gasteiger partial charge in [0, 0.05) is 0 Å². The molecule has 0 aromatic carbocycles. The van der Waals surface area contributed by atoms with Crippen molar-refractivity contribution in [2.45, 2.75) is 47.6 Å². The van der Waals surface area contributed by atoms with E-state index in [0.717, 1.165) is 0 Å². The highest BCUT2D eigenvalue weighted by atomic mass is 19.3. The Morgan fingerprint density at radius 2 is 0.737 bits per heavy atom. The molecule has 0 N–H and O–H groups in total. The Morgan fingerprint density at radius 1 is 0.421 bits per heavy atom. The number of rotatable bonds is 0. The molecule has 3 unspecified atom stereocenters. The Bertz CT molecular complexity index is 380. The predicted octanol–water partition coefficient (Wildman–Crippen LogP) is 3.70. The molecule has 0 amide bonds. The second kappa shape index (κ2) is 2.67. The molecule has 2 saturated carbocycles. The summed E-state index contributed by atoms with van der Waals surface area (Å²) in [6.07, 6.45) is 0. The average molecular weight is 308 g/mol. The van der Waals surface area contributed by atoms with Crippen LogP contribution in [0.1, 0.15) is 6.92 Å². The topological polar surface area (TPSA) is 0 Å².